The molecule has 1 saturated heterocycles. The molecule has 2 aromatic rings. The first-order valence-corrected chi connectivity index (χ1v) is 11.7. The molecule has 5 nitrogen and oxygen atoms in total. The Labute approximate surface area is 192 Å². The third-order valence-corrected chi connectivity index (χ3v) is 6.31. The predicted molar refractivity (Wildman–Crippen MR) is 115 cm³/mol. The Bertz CT molecular complexity index is 962. The molecule has 1 fully saturated rings. The van der Waals surface area contributed by atoms with E-state index >= 15 is 0 Å². The number of nitrogens with one attached hydrogen (secondary N) is 1. The number of rotatable bonds is 8. The molecule has 0 bridgehead atoms. The van der Waals surface area contributed by atoms with Gasteiger partial charge in [0.05, 0.1) is 6.54 Å². The van der Waals surface area contributed by atoms with E-state index in [2.05, 4.69) is 19.9 Å². The minimum Gasteiger partial charge on any atom is -0.416 e. The van der Waals surface area contributed by atoms with Gasteiger partial charge in [-0.3, -0.25) is 4.90 Å². The number of likely N-dealkylation sites (tertiary alicyclic amines) is 1. The minimum atomic E-state index is -2.32. The highest BCUT2D eigenvalue weighted by Crippen LogP contribution is 2.32. The van der Waals surface area contributed by atoms with Crippen molar-refractivity contribution < 1.29 is 31.5 Å². The lowest BCUT2D eigenvalue weighted by Gasteiger charge is -2.17. The largest absolute Gasteiger partial charge is 0.416 e. The Morgan fingerprint density at radius 3 is 2.15 bits per heavy atom. The molecule has 33 heavy (non-hydrogen) atoms. The summed E-state index contributed by atoms with van der Waals surface area (Å²) in [6, 6.07) is 0. The Morgan fingerprint density at radius 2 is 1.58 bits per heavy atom. The molecular formula is C22H26F5N3O2S. The Kier molecular flexibility index (Phi) is 8.63. The summed E-state index contributed by atoms with van der Waals surface area (Å²) in [5.41, 5.74) is 0. The van der Waals surface area contributed by atoms with Crippen LogP contribution in [-0.2, 0) is 6.54 Å². The number of thiazole rings is 1. The maximum Gasteiger partial charge on any atom is 0.357 e. The van der Waals surface area contributed by atoms with E-state index in [1.165, 1.54) is 0 Å². The van der Waals surface area contributed by atoms with Crippen molar-refractivity contribution in [2.75, 3.05) is 25.0 Å². The number of esters is 1. The maximum absolute atomic E-state index is 14.0. The Morgan fingerprint density at radius 1 is 1.00 bits per heavy atom. The van der Waals surface area contributed by atoms with E-state index in [0.29, 0.717) is 24.0 Å². The molecule has 0 spiro atoms. The third-order valence-electron chi connectivity index (χ3n) is 5.29. The average molecular weight is 492 g/mol. The number of hydrogen-bond donors (Lipinski definition) is 1. The van der Waals surface area contributed by atoms with Gasteiger partial charge in [-0.2, -0.15) is 8.78 Å². The number of anilines is 1. The van der Waals surface area contributed by atoms with Crippen LogP contribution in [0.5, 0.6) is 5.75 Å². The smallest absolute Gasteiger partial charge is 0.357 e. The molecule has 0 saturated carbocycles. The van der Waals surface area contributed by atoms with Gasteiger partial charge in [0.2, 0.25) is 34.8 Å². The number of ether oxygens (including phenoxy) is 1. The second-order valence-corrected chi connectivity index (χ2v) is 9.46. The highest BCUT2D eigenvalue weighted by Gasteiger charge is 2.30. The van der Waals surface area contributed by atoms with Gasteiger partial charge in [0.1, 0.15) is 5.01 Å². The number of carbonyl (C=O) groups is 1. The Balaban J connectivity index is 1.86. The molecule has 1 aliphatic heterocycles. The first-order valence-electron chi connectivity index (χ1n) is 10.9. The van der Waals surface area contributed by atoms with Crippen molar-refractivity contribution in [3.63, 3.8) is 0 Å². The molecule has 3 rings (SSSR count). The summed E-state index contributed by atoms with van der Waals surface area (Å²) in [5, 5.41) is 3.62. The zero-order valence-corrected chi connectivity index (χ0v) is 19.3. The van der Waals surface area contributed by atoms with Crippen LogP contribution in [-0.4, -0.2) is 35.5 Å². The maximum atomic E-state index is 14.0. The van der Waals surface area contributed by atoms with Gasteiger partial charge in [0.15, 0.2) is 10.7 Å². The summed E-state index contributed by atoms with van der Waals surface area (Å²) in [7, 11) is 0. The van der Waals surface area contributed by atoms with Gasteiger partial charge in [-0.15, -0.1) is 11.3 Å². The zero-order chi connectivity index (χ0) is 24.1. The molecule has 1 N–H and O–H groups in total. The number of carbonyl (C=O) groups excluding carboxylic acids is 1. The molecular weight excluding hydrogens is 465 g/mol. The molecule has 0 unspecified atom stereocenters. The fourth-order valence-corrected chi connectivity index (χ4v) is 4.43. The van der Waals surface area contributed by atoms with Crippen LogP contribution in [0, 0.1) is 35.0 Å². The van der Waals surface area contributed by atoms with Crippen LogP contribution < -0.4 is 10.1 Å². The lowest BCUT2D eigenvalue weighted by molar-refractivity contribution is 0.0722. The van der Waals surface area contributed by atoms with Crippen molar-refractivity contribution in [2.24, 2.45) is 5.92 Å². The molecule has 0 aliphatic carbocycles. The number of benzene rings is 1. The second kappa shape index (κ2) is 11.2. The SMILES string of the molecule is CC(C)CCNc1nc(CN2CCCCCC2)sc1C(=O)Oc1c(F)c(F)c(F)c(F)c1F. The molecule has 182 valence electrons. The van der Waals surface area contributed by atoms with Crippen LogP contribution in [0.3, 0.4) is 0 Å². The molecule has 0 radical (unpaired) electrons. The van der Waals surface area contributed by atoms with E-state index in [-0.39, 0.29) is 10.7 Å². The zero-order valence-electron chi connectivity index (χ0n) is 18.5. The monoisotopic (exact) mass is 491 g/mol. The van der Waals surface area contributed by atoms with Crippen molar-refractivity contribution in [2.45, 2.75) is 52.5 Å². The van der Waals surface area contributed by atoms with Gasteiger partial charge in [-0.05, 0) is 38.3 Å². The minimum absolute atomic E-state index is 0.0903. The van der Waals surface area contributed by atoms with E-state index in [9.17, 15) is 26.7 Å². The van der Waals surface area contributed by atoms with Gasteiger partial charge < -0.3 is 10.1 Å². The van der Waals surface area contributed by atoms with E-state index in [1.54, 1.807) is 0 Å². The highest BCUT2D eigenvalue weighted by molar-refractivity contribution is 7.14. The summed E-state index contributed by atoms with van der Waals surface area (Å²) >= 11 is 0.973. The molecule has 0 amide bonds. The van der Waals surface area contributed by atoms with Crippen LogP contribution in [0.15, 0.2) is 0 Å². The van der Waals surface area contributed by atoms with Gasteiger partial charge in [0.25, 0.3) is 0 Å². The standard InChI is InChI=1S/C22H26F5N3O2S/c1-12(2)7-8-28-21-20(33-13(29-21)11-30-9-5-3-4-6-10-30)22(31)32-19-17(26)15(24)14(23)16(25)18(19)27/h12,28H,3-11H2,1-2H3. The lowest BCUT2D eigenvalue weighted by atomic mass is 10.1. The number of nitrogens with zero attached hydrogens (tertiary/aromatic N) is 2. The quantitative estimate of drug-likeness (QED) is 0.164. The normalized spacial score (nSPS) is 15.0. The number of halogens is 5. The Hall–Kier alpha value is -2.27. The number of hydrogen-bond acceptors (Lipinski definition) is 6. The topological polar surface area (TPSA) is 54.5 Å². The molecule has 1 aliphatic rings. The summed E-state index contributed by atoms with van der Waals surface area (Å²) < 4.78 is 72.9. The van der Waals surface area contributed by atoms with Crippen molar-refractivity contribution in [3.05, 3.63) is 39.0 Å². The second-order valence-electron chi connectivity index (χ2n) is 8.37. The van der Waals surface area contributed by atoms with E-state index in [1.807, 2.05) is 13.8 Å². The fourth-order valence-electron chi connectivity index (χ4n) is 3.47. The summed E-state index contributed by atoms with van der Waals surface area (Å²) in [6.07, 6.45) is 5.18. The number of aromatic nitrogens is 1. The van der Waals surface area contributed by atoms with Crippen LogP contribution in [0.1, 0.15) is 60.6 Å². The van der Waals surface area contributed by atoms with Crippen LogP contribution >= 0.6 is 11.3 Å². The van der Waals surface area contributed by atoms with E-state index in [0.717, 1.165) is 56.5 Å². The van der Waals surface area contributed by atoms with E-state index in [4.69, 9.17) is 0 Å². The van der Waals surface area contributed by atoms with Crippen molar-refractivity contribution >= 4 is 23.1 Å². The van der Waals surface area contributed by atoms with E-state index < -0.39 is 40.8 Å². The van der Waals surface area contributed by atoms with Crippen LogP contribution in [0.2, 0.25) is 0 Å². The predicted octanol–water partition coefficient (Wildman–Crippen LogP) is 5.89. The first kappa shape index (κ1) is 25.4. The first-order chi connectivity index (χ1) is 15.7. The van der Waals surface area contributed by atoms with Gasteiger partial charge in [-0.1, -0.05) is 26.7 Å². The molecule has 1 aromatic heterocycles. The fraction of sp³-hybridized carbons (Fsp3) is 0.545. The summed E-state index contributed by atoms with van der Waals surface area (Å²) in [4.78, 5) is 19.3. The molecule has 11 heteroatoms. The molecule has 0 atom stereocenters. The van der Waals surface area contributed by atoms with Crippen molar-refractivity contribution in [1.82, 2.24) is 9.88 Å². The van der Waals surface area contributed by atoms with Gasteiger partial charge in [-0.25, -0.2) is 22.9 Å². The van der Waals surface area contributed by atoms with Crippen LogP contribution in [0.25, 0.3) is 0 Å². The van der Waals surface area contributed by atoms with Gasteiger partial charge >= 0.3 is 5.97 Å². The highest BCUT2D eigenvalue weighted by atomic mass is 32.1. The average Bonchev–Trinajstić information content (AvgIpc) is 2.99. The summed E-state index contributed by atoms with van der Waals surface area (Å²) in [6.45, 7) is 6.78. The molecule has 2 heterocycles. The third kappa shape index (κ3) is 6.20. The van der Waals surface area contributed by atoms with Crippen molar-refractivity contribution in [3.8, 4) is 5.75 Å². The van der Waals surface area contributed by atoms with Crippen molar-refractivity contribution in [1.29, 1.82) is 0 Å². The summed E-state index contributed by atoms with van der Waals surface area (Å²) in [5.74, 6) is -13.4. The van der Waals surface area contributed by atoms with Gasteiger partial charge in [0, 0.05) is 6.54 Å². The molecule has 1 aromatic carbocycles. The lowest BCUT2D eigenvalue weighted by Crippen LogP contribution is -2.23. The van der Waals surface area contributed by atoms with Crippen LogP contribution in [0.4, 0.5) is 27.8 Å².